The Morgan fingerprint density at radius 2 is 1.15 bits per heavy atom. The van der Waals surface area contributed by atoms with Gasteiger partial charge in [0.2, 0.25) is 0 Å². The molecule has 4 nitrogen and oxygen atoms in total. The van der Waals surface area contributed by atoms with E-state index < -0.39 is 0 Å². The molecule has 2 aliphatic carbocycles. The number of hydrogen-bond acceptors (Lipinski definition) is 4. The fourth-order valence-corrected chi connectivity index (χ4v) is 9.76. The van der Waals surface area contributed by atoms with Crippen LogP contribution in [-0.4, -0.2) is 15.0 Å². The molecule has 0 radical (unpaired) electrons. The zero-order chi connectivity index (χ0) is 35.9. The third-order valence-corrected chi connectivity index (χ3v) is 11.7. The van der Waals surface area contributed by atoms with Crippen molar-refractivity contribution in [3.05, 3.63) is 151 Å². The number of fused-ring (bicyclic) bond motifs is 3. The monoisotopic (exact) mass is 686 g/mol. The summed E-state index contributed by atoms with van der Waals surface area (Å²) in [6.07, 6.45) is 6.69. The van der Waals surface area contributed by atoms with E-state index >= 15 is 0 Å². The van der Waals surface area contributed by atoms with Crippen LogP contribution in [0.5, 0.6) is 0 Å². The van der Waals surface area contributed by atoms with E-state index in [2.05, 4.69) is 117 Å². The molecular formula is C49H42N4. The van der Waals surface area contributed by atoms with E-state index in [1.54, 1.807) is 0 Å². The summed E-state index contributed by atoms with van der Waals surface area (Å²) in [5.74, 6) is 4.33. The van der Waals surface area contributed by atoms with E-state index in [9.17, 15) is 5.26 Å². The highest BCUT2D eigenvalue weighted by atomic mass is 15.0. The molecular weight excluding hydrogens is 645 g/mol. The topological polar surface area (TPSA) is 62.5 Å². The van der Waals surface area contributed by atoms with Gasteiger partial charge >= 0.3 is 0 Å². The molecule has 53 heavy (non-hydrogen) atoms. The molecule has 0 spiro atoms. The normalized spacial score (nSPS) is 20.9. The lowest BCUT2D eigenvalue weighted by Gasteiger charge is -2.50. The van der Waals surface area contributed by atoms with Crippen LogP contribution < -0.4 is 0 Å². The molecule has 2 unspecified atom stereocenters. The lowest BCUT2D eigenvalue weighted by atomic mass is 9.54. The fourth-order valence-electron chi connectivity index (χ4n) is 9.76. The summed E-state index contributed by atoms with van der Waals surface area (Å²) in [4.78, 5) is 15.4. The molecule has 2 bridgehead atoms. The van der Waals surface area contributed by atoms with Gasteiger partial charge < -0.3 is 0 Å². The van der Waals surface area contributed by atoms with Crippen LogP contribution in [0.4, 0.5) is 0 Å². The lowest BCUT2D eigenvalue weighted by Crippen LogP contribution is -2.42. The van der Waals surface area contributed by atoms with Crippen LogP contribution in [0, 0.1) is 29.1 Å². The van der Waals surface area contributed by atoms with Crippen LogP contribution in [0.1, 0.15) is 57.1 Å². The van der Waals surface area contributed by atoms with Crippen molar-refractivity contribution in [2.75, 3.05) is 0 Å². The standard InChI is InChI=1S/C49H42N4/c1-32-24-35-25-33(2)29-49(28-32,30-35)41-21-19-36(20-22-41)42-15-6-7-16-45(42)48-52-46(37-10-4-3-5-11-37)51-47(53-48)40-14-8-12-39(27-40)43-17-9-13-38-26-34(31-50)18-23-44(38)43/h3-23,26-27,32-33,35H,24-25,28-30H2,1-2H3/t32-,33+,35?,49?. The molecule has 4 atom stereocenters. The summed E-state index contributed by atoms with van der Waals surface area (Å²) >= 11 is 0. The summed E-state index contributed by atoms with van der Waals surface area (Å²) in [5.41, 5.74) is 9.74. The Hall–Kier alpha value is -5.92. The number of benzene rings is 6. The molecule has 2 aliphatic rings. The van der Waals surface area contributed by atoms with Gasteiger partial charge in [0.05, 0.1) is 11.6 Å². The molecule has 1 aromatic heterocycles. The molecule has 258 valence electrons. The SMILES string of the molecule is C[C@@H]1CC2C[C@H](C)CC(c3ccc(-c4ccccc4-c4nc(-c5ccccc5)nc(-c5cccc(-c6cccc7cc(C#N)ccc67)c5)n4)cc3)(C2)C1. The maximum atomic E-state index is 9.47. The molecule has 2 fully saturated rings. The van der Waals surface area contributed by atoms with Gasteiger partial charge in [-0.05, 0) is 112 Å². The van der Waals surface area contributed by atoms with Gasteiger partial charge in [-0.25, -0.2) is 15.0 Å². The Bertz CT molecular complexity index is 2480. The minimum absolute atomic E-state index is 0.298. The van der Waals surface area contributed by atoms with Crippen molar-refractivity contribution in [3.8, 4) is 62.5 Å². The van der Waals surface area contributed by atoms with E-state index in [4.69, 9.17) is 15.0 Å². The van der Waals surface area contributed by atoms with Crippen LogP contribution in [0.25, 0.3) is 67.2 Å². The van der Waals surface area contributed by atoms with Gasteiger partial charge in [-0.3, -0.25) is 0 Å². The highest BCUT2D eigenvalue weighted by Gasteiger charge is 2.45. The number of nitrogens with zero attached hydrogens (tertiary/aromatic N) is 4. The van der Waals surface area contributed by atoms with Crippen LogP contribution in [0.3, 0.4) is 0 Å². The van der Waals surface area contributed by atoms with Gasteiger partial charge in [-0.15, -0.1) is 0 Å². The molecule has 1 heterocycles. The van der Waals surface area contributed by atoms with Crippen LogP contribution in [-0.2, 0) is 5.41 Å². The number of nitriles is 1. The average molecular weight is 687 g/mol. The van der Waals surface area contributed by atoms with E-state index in [0.717, 1.165) is 61.9 Å². The molecule has 0 saturated heterocycles. The second kappa shape index (κ2) is 13.6. The molecule has 4 heteroatoms. The Kier molecular flexibility index (Phi) is 8.43. The lowest BCUT2D eigenvalue weighted by molar-refractivity contribution is 0.0780. The average Bonchev–Trinajstić information content (AvgIpc) is 3.20. The summed E-state index contributed by atoms with van der Waals surface area (Å²) in [7, 11) is 0. The van der Waals surface area contributed by atoms with Crippen molar-refractivity contribution in [3.63, 3.8) is 0 Å². The van der Waals surface area contributed by atoms with Crippen molar-refractivity contribution in [2.24, 2.45) is 17.8 Å². The maximum Gasteiger partial charge on any atom is 0.164 e. The molecule has 6 aromatic carbocycles. The summed E-state index contributed by atoms with van der Waals surface area (Å²) in [6, 6.07) is 50.9. The predicted molar refractivity (Wildman–Crippen MR) is 216 cm³/mol. The van der Waals surface area contributed by atoms with E-state index in [0.29, 0.717) is 28.5 Å². The van der Waals surface area contributed by atoms with Crippen molar-refractivity contribution >= 4 is 10.8 Å². The van der Waals surface area contributed by atoms with Crippen LogP contribution >= 0.6 is 0 Å². The largest absolute Gasteiger partial charge is 0.208 e. The van der Waals surface area contributed by atoms with Crippen LogP contribution in [0.2, 0.25) is 0 Å². The van der Waals surface area contributed by atoms with Crippen molar-refractivity contribution in [1.29, 1.82) is 5.26 Å². The second-order valence-electron chi connectivity index (χ2n) is 15.7. The predicted octanol–water partition coefficient (Wildman–Crippen LogP) is 12.3. The maximum absolute atomic E-state index is 9.47. The minimum atomic E-state index is 0.298. The van der Waals surface area contributed by atoms with Gasteiger partial charge in [0.1, 0.15) is 0 Å². The van der Waals surface area contributed by atoms with Crippen molar-refractivity contribution in [2.45, 2.75) is 51.4 Å². The van der Waals surface area contributed by atoms with E-state index in [1.807, 2.05) is 42.5 Å². The fraction of sp³-hybridized carbons (Fsp3) is 0.224. The smallest absolute Gasteiger partial charge is 0.164 e. The molecule has 0 aliphatic heterocycles. The molecule has 9 rings (SSSR count). The van der Waals surface area contributed by atoms with E-state index in [-0.39, 0.29) is 0 Å². The number of rotatable bonds is 6. The van der Waals surface area contributed by atoms with Crippen molar-refractivity contribution < 1.29 is 0 Å². The Labute approximate surface area is 312 Å². The van der Waals surface area contributed by atoms with Gasteiger partial charge in [0.25, 0.3) is 0 Å². The first-order valence-corrected chi connectivity index (χ1v) is 19.0. The zero-order valence-corrected chi connectivity index (χ0v) is 30.3. The Morgan fingerprint density at radius 3 is 1.91 bits per heavy atom. The summed E-state index contributed by atoms with van der Waals surface area (Å²) in [6.45, 7) is 4.92. The molecule has 0 amide bonds. The highest BCUT2D eigenvalue weighted by molar-refractivity contribution is 5.97. The highest BCUT2D eigenvalue weighted by Crippen LogP contribution is 2.54. The minimum Gasteiger partial charge on any atom is -0.208 e. The van der Waals surface area contributed by atoms with Gasteiger partial charge in [0, 0.05) is 16.7 Å². The number of hydrogen-bond donors (Lipinski definition) is 0. The van der Waals surface area contributed by atoms with Gasteiger partial charge in [0.15, 0.2) is 17.5 Å². The quantitative estimate of drug-likeness (QED) is 0.175. The summed E-state index contributed by atoms with van der Waals surface area (Å²) < 4.78 is 0. The van der Waals surface area contributed by atoms with Crippen LogP contribution in [0.15, 0.2) is 140 Å². The first-order valence-electron chi connectivity index (χ1n) is 19.0. The third kappa shape index (κ3) is 6.31. The molecule has 0 N–H and O–H groups in total. The zero-order valence-electron chi connectivity index (χ0n) is 30.3. The molecule has 7 aromatic rings. The third-order valence-electron chi connectivity index (χ3n) is 11.7. The summed E-state index contributed by atoms with van der Waals surface area (Å²) in [5, 5.41) is 11.6. The van der Waals surface area contributed by atoms with Gasteiger partial charge in [-0.1, -0.05) is 135 Å². The Morgan fingerprint density at radius 1 is 0.528 bits per heavy atom. The number of aromatic nitrogens is 3. The Balaban J connectivity index is 1.13. The second-order valence-corrected chi connectivity index (χ2v) is 15.7. The first kappa shape index (κ1) is 33.0. The van der Waals surface area contributed by atoms with E-state index in [1.165, 1.54) is 43.2 Å². The molecule has 2 saturated carbocycles. The van der Waals surface area contributed by atoms with Gasteiger partial charge in [-0.2, -0.15) is 5.26 Å². The first-order chi connectivity index (χ1) is 25.9. The van der Waals surface area contributed by atoms with Crippen molar-refractivity contribution in [1.82, 2.24) is 15.0 Å².